The normalized spacial score (nSPS) is 27.0. The molecule has 2 aromatic rings. The number of carbonyl (C=O) groups excluding carboxylic acids is 2. The van der Waals surface area contributed by atoms with E-state index in [4.69, 9.17) is 23.2 Å². The van der Waals surface area contributed by atoms with Crippen LogP contribution in [0.1, 0.15) is 68.5 Å². The average molecular weight is 578 g/mol. The molecule has 6 nitrogen and oxygen atoms in total. The number of hydrogen-bond acceptors (Lipinski definition) is 4. The minimum atomic E-state index is -3.42. The first-order valence-corrected chi connectivity index (χ1v) is 15.5. The molecule has 0 spiro atoms. The van der Waals surface area contributed by atoms with Gasteiger partial charge in [0, 0.05) is 42.0 Å². The summed E-state index contributed by atoms with van der Waals surface area (Å²) in [7, 11) is -1.78. The number of aldehydes is 1. The van der Waals surface area contributed by atoms with E-state index in [1.54, 1.807) is 7.05 Å². The second kappa shape index (κ2) is 10.6. The van der Waals surface area contributed by atoms with Crippen molar-refractivity contribution in [2.75, 3.05) is 13.6 Å². The second-order valence-corrected chi connectivity index (χ2v) is 14.6. The van der Waals surface area contributed by atoms with Crippen molar-refractivity contribution in [3.05, 3.63) is 69.7 Å². The highest BCUT2D eigenvalue weighted by Gasteiger charge is 2.54. The van der Waals surface area contributed by atoms with Crippen LogP contribution >= 0.6 is 23.2 Å². The topological polar surface area (TPSA) is 74.8 Å². The smallest absolute Gasteiger partial charge is 0.229 e. The maximum absolute atomic E-state index is 14.4. The standard InChI is InChI=1S/C29H34Cl2N2O4S/c1-29(14-15-34)17-25(21-4-3-5-23(31)16-21)27(20-8-10-22(30)11-9-20)33(28(29)35)26(19-6-7-19)18-32(2)38(36,37)24-12-13-24/h3-5,8-11,15-16,19,24-27H,6-7,12-14,17-18H2,1-2H3/t25-,26?,27-,29+/m1/s1. The van der Waals surface area contributed by atoms with E-state index in [9.17, 15) is 18.0 Å². The van der Waals surface area contributed by atoms with Crippen LogP contribution in [0.25, 0.3) is 0 Å². The van der Waals surface area contributed by atoms with E-state index in [-0.39, 0.29) is 48.0 Å². The fraction of sp³-hybridized carbons (Fsp3) is 0.517. The van der Waals surface area contributed by atoms with Gasteiger partial charge in [-0.25, -0.2) is 12.7 Å². The number of halogens is 2. The monoisotopic (exact) mass is 576 g/mol. The zero-order chi connectivity index (χ0) is 27.2. The lowest BCUT2D eigenvalue weighted by Gasteiger charge is -2.52. The van der Waals surface area contributed by atoms with Gasteiger partial charge in [0.15, 0.2) is 0 Å². The molecular weight excluding hydrogens is 543 g/mol. The summed E-state index contributed by atoms with van der Waals surface area (Å²) in [5, 5.41) is 0.879. The maximum Gasteiger partial charge on any atom is 0.229 e. The van der Waals surface area contributed by atoms with E-state index in [1.807, 2.05) is 60.4 Å². The fourth-order valence-corrected chi connectivity index (χ4v) is 7.98. The molecule has 1 amide bonds. The largest absolute Gasteiger partial charge is 0.330 e. The Morgan fingerprint density at radius 3 is 2.32 bits per heavy atom. The van der Waals surface area contributed by atoms with Gasteiger partial charge in [-0.1, -0.05) is 54.4 Å². The molecule has 0 aromatic heterocycles. The Kier molecular flexibility index (Phi) is 7.68. The number of nitrogens with zero attached hydrogens (tertiary/aromatic N) is 2. The highest BCUT2D eigenvalue weighted by molar-refractivity contribution is 7.90. The van der Waals surface area contributed by atoms with Gasteiger partial charge in [-0.3, -0.25) is 4.79 Å². The van der Waals surface area contributed by atoms with Crippen LogP contribution in [0, 0.1) is 11.3 Å². The summed E-state index contributed by atoms with van der Waals surface area (Å²) in [4.78, 5) is 28.2. The van der Waals surface area contributed by atoms with Crippen molar-refractivity contribution in [2.24, 2.45) is 11.3 Å². The van der Waals surface area contributed by atoms with Gasteiger partial charge in [-0.05, 0) is 73.4 Å². The summed E-state index contributed by atoms with van der Waals surface area (Å²) >= 11 is 12.7. The lowest BCUT2D eigenvalue weighted by atomic mass is 9.67. The third kappa shape index (κ3) is 5.40. The van der Waals surface area contributed by atoms with Crippen molar-refractivity contribution in [1.82, 2.24) is 9.21 Å². The van der Waals surface area contributed by atoms with Crippen molar-refractivity contribution >= 4 is 45.4 Å². The van der Waals surface area contributed by atoms with E-state index in [2.05, 4.69) is 0 Å². The minimum absolute atomic E-state index is 0.0976. The van der Waals surface area contributed by atoms with Crippen LogP contribution in [0.3, 0.4) is 0 Å². The molecule has 0 bridgehead atoms. The SMILES string of the molecule is CN(CC(C1CC1)N1C(=O)[C@@](C)(CC=O)C[C@H](c2cccc(Cl)c2)[C@H]1c1ccc(Cl)cc1)S(=O)(=O)C1CC1. The van der Waals surface area contributed by atoms with Gasteiger partial charge in [-0.2, -0.15) is 0 Å². The van der Waals surface area contributed by atoms with Crippen molar-refractivity contribution in [1.29, 1.82) is 0 Å². The Morgan fingerprint density at radius 1 is 1.05 bits per heavy atom. The summed E-state index contributed by atoms with van der Waals surface area (Å²) in [6.07, 6.45) is 4.64. The third-order valence-corrected chi connectivity index (χ3v) is 11.3. The van der Waals surface area contributed by atoms with Crippen LogP contribution in [0.4, 0.5) is 0 Å². The molecule has 1 saturated heterocycles. The molecule has 2 aromatic carbocycles. The average Bonchev–Trinajstić information content (AvgIpc) is 3.78. The minimum Gasteiger partial charge on any atom is -0.330 e. The molecule has 0 radical (unpaired) electrons. The van der Waals surface area contributed by atoms with Gasteiger partial charge < -0.3 is 9.69 Å². The summed E-state index contributed by atoms with van der Waals surface area (Å²) in [5.41, 5.74) is 0.999. The lowest BCUT2D eigenvalue weighted by molar-refractivity contribution is -0.157. The summed E-state index contributed by atoms with van der Waals surface area (Å²) in [6, 6.07) is 14.5. The Hall–Kier alpha value is -1.93. The van der Waals surface area contributed by atoms with Crippen LogP contribution < -0.4 is 0 Å². The molecule has 204 valence electrons. The van der Waals surface area contributed by atoms with Crippen LogP contribution in [0.2, 0.25) is 10.0 Å². The molecule has 1 unspecified atom stereocenters. The molecule has 9 heteroatoms. The predicted octanol–water partition coefficient (Wildman–Crippen LogP) is 5.85. The fourth-order valence-electron chi connectivity index (χ4n) is 6.05. The summed E-state index contributed by atoms with van der Waals surface area (Å²) < 4.78 is 27.7. The third-order valence-electron chi connectivity index (χ3n) is 8.47. The van der Waals surface area contributed by atoms with Gasteiger partial charge in [0.25, 0.3) is 0 Å². The highest BCUT2D eigenvalue weighted by atomic mass is 35.5. The van der Waals surface area contributed by atoms with Gasteiger partial charge in [0.1, 0.15) is 6.29 Å². The number of amides is 1. The van der Waals surface area contributed by atoms with E-state index >= 15 is 0 Å². The maximum atomic E-state index is 14.4. The van der Waals surface area contributed by atoms with Gasteiger partial charge >= 0.3 is 0 Å². The molecule has 5 rings (SSSR count). The highest BCUT2D eigenvalue weighted by Crippen LogP contribution is 2.54. The first-order chi connectivity index (χ1) is 18.0. The van der Waals surface area contributed by atoms with Crippen LogP contribution in [0.5, 0.6) is 0 Å². The zero-order valence-corrected chi connectivity index (χ0v) is 24.1. The Morgan fingerprint density at radius 2 is 1.74 bits per heavy atom. The second-order valence-electron chi connectivity index (χ2n) is 11.4. The van der Waals surface area contributed by atoms with Crippen LogP contribution in [-0.2, 0) is 19.6 Å². The Bertz CT molecular complexity index is 1310. The number of piperidine rings is 1. The molecule has 4 atom stereocenters. The first-order valence-electron chi connectivity index (χ1n) is 13.3. The first kappa shape index (κ1) is 27.6. The molecule has 1 aliphatic heterocycles. The van der Waals surface area contributed by atoms with Gasteiger partial charge in [0.05, 0.1) is 16.7 Å². The Labute approximate surface area is 235 Å². The number of sulfonamides is 1. The molecule has 3 aliphatic rings. The van der Waals surface area contributed by atoms with E-state index < -0.39 is 15.4 Å². The van der Waals surface area contributed by atoms with E-state index in [1.165, 1.54) is 4.31 Å². The molecule has 2 saturated carbocycles. The number of carbonyl (C=O) groups is 2. The predicted molar refractivity (Wildman–Crippen MR) is 150 cm³/mol. The molecule has 2 aliphatic carbocycles. The molecule has 1 heterocycles. The number of rotatable bonds is 10. The molecule has 38 heavy (non-hydrogen) atoms. The Balaban J connectivity index is 1.64. The number of likely N-dealkylation sites (tertiary alicyclic amines) is 1. The lowest BCUT2D eigenvalue weighted by Crippen LogP contribution is -2.59. The van der Waals surface area contributed by atoms with Gasteiger partial charge in [0.2, 0.25) is 15.9 Å². The zero-order valence-electron chi connectivity index (χ0n) is 21.7. The van der Waals surface area contributed by atoms with Crippen LogP contribution in [-0.4, -0.2) is 54.7 Å². The van der Waals surface area contributed by atoms with Crippen molar-refractivity contribution in [2.45, 2.75) is 68.7 Å². The number of likely N-dealkylation sites (N-methyl/N-ethyl adjacent to an activating group) is 1. The number of hydrogen-bond donors (Lipinski definition) is 0. The van der Waals surface area contributed by atoms with Crippen molar-refractivity contribution in [3.8, 4) is 0 Å². The molecule has 0 N–H and O–H groups in total. The van der Waals surface area contributed by atoms with E-state index in [0.717, 1.165) is 30.3 Å². The summed E-state index contributed by atoms with van der Waals surface area (Å²) in [6.45, 7) is 2.10. The molecular formula is C29H34Cl2N2O4S. The van der Waals surface area contributed by atoms with E-state index in [0.29, 0.717) is 29.3 Å². The van der Waals surface area contributed by atoms with Gasteiger partial charge in [-0.15, -0.1) is 0 Å². The summed E-state index contributed by atoms with van der Waals surface area (Å²) in [5.74, 6) is -0.0507. The quantitative estimate of drug-likeness (QED) is 0.332. The number of benzene rings is 2. The van der Waals surface area contributed by atoms with Crippen molar-refractivity contribution in [3.63, 3.8) is 0 Å². The molecule has 3 fully saturated rings. The van der Waals surface area contributed by atoms with Crippen molar-refractivity contribution < 1.29 is 18.0 Å². The van der Waals surface area contributed by atoms with Crippen LogP contribution in [0.15, 0.2) is 48.5 Å².